The lowest BCUT2D eigenvalue weighted by molar-refractivity contribution is 0.295. The van der Waals surface area contributed by atoms with Crippen molar-refractivity contribution in [3.05, 3.63) is 28.9 Å². The van der Waals surface area contributed by atoms with E-state index >= 15 is 0 Å². The Labute approximate surface area is 141 Å². The minimum absolute atomic E-state index is 0.378. The average Bonchev–Trinajstić information content (AvgIpc) is 2.52. The van der Waals surface area contributed by atoms with Crippen molar-refractivity contribution in [3.8, 4) is 0 Å². The van der Waals surface area contributed by atoms with Gasteiger partial charge in [0.1, 0.15) is 0 Å². The van der Waals surface area contributed by atoms with Crippen LogP contribution < -0.4 is 5.32 Å². The molecule has 1 aromatic heterocycles. The van der Waals surface area contributed by atoms with Gasteiger partial charge in [-0.15, -0.1) is 0 Å². The molecule has 0 amide bonds. The highest BCUT2D eigenvalue weighted by atomic mass is 79.9. The third kappa shape index (κ3) is 4.92. The molecule has 1 aromatic carbocycles. The maximum Gasteiger partial charge on any atom is 0.223 e. The fraction of sp³-hybridized carbons (Fsp3) is 0.529. The number of nitrogens with zero attached hydrogens (tertiary/aromatic N) is 3. The molecular formula is C17H25BrN4. The average molecular weight is 365 g/mol. The van der Waals surface area contributed by atoms with Gasteiger partial charge >= 0.3 is 0 Å². The molecule has 1 unspecified atom stereocenters. The second-order valence-electron chi connectivity index (χ2n) is 5.61. The molecule has 0 aliphatic rings. The molecule has 0 aliphatic heterocycles. The Morgan fingerprint density at radius 2 is 2.05 bits per heavy atom. The Morgan fingerprint density at radius 3 is 2.77 bits per heavy atom. The van der Waals surface area contributed by atoms with Crippen molar-refractivity contribution in [3.63, 3.8) is 0 Å². The largest absolute Gasteiger partial charge is 0.352 e. The summed E-state index contributed by atoms with van der Waals surface area (Å²) in [6.45, 7) is 10.0. The van der Waals surface area contributed by atoms with Gasteiger partial charge in [-0.1, -0.05) is 29.8 Å². The number of benzene rings is 1. The van der Waals surface area contributed by atoms with Gasteiger partial charge in [-0.25, -0.2) is 9.97 Å². The van der Waals surface area contributed by atoms with Crippen molar-refractivity contribution < 1.29 is 0 Å². The van der Waals surface area contributed by atoms with Crippen LogP contribution in [0.25, 0.3) is 10.9 Å². The van der Waals surface area contributed by atoms with E-state index in [9.17, 15) is 0 Å². The maximum atomic E-state index is 4.58. The summed E-state index contributed by atoms with van der Waals surface area (Å²) in [5, 5.41) is 4.46. The van der Waals surface area contributed by atoms with Crippen molar-refractivity contribution >= 4 is 32.8 Å². The Balaban J connectivity index is 1.88. The molecule has 22 heavy (non-hydrogen) atoms. The number of fused-ring (bicyclic) bond motifs is 1. The van der Waals surface area contributed by atoms with Crippen LogP contribution in [-0.2, 0) is 0 Å². The Bertz CT molecular complexity index is 598. The first-order chi connectivity index (χ1) is 10.6. The van der Waals surface area contributed by atoms with E-state index in [2.05, 4.69) is 56.9 Å². The quantitative estimate of drug-likeness (QED) is 0.757. The predicted octanol–water partition coefficient (Wildman–Crippen LogP) is 4.31. The van der Waals surface area contributed by atoms with Crippen molar-refractivity contribution in [1.29, 1.82) is 0 Å². The highest BCUT2D eigenvalue weighted by Crippen LogP contribution is 2.19. The summed E-state index contributed by atoms with van der Waals surface area (Å²) >= 11 is 3.47. The number of anilines is 1. The predicted molar refractivity (Wildman–Crippen MR) is 97.3 cm³/mol. The third-order valence-electron chi connectivity index (χ3n) is 3.92. The topological polar surface area (TPSA) is 41.0 Å². The molecule has 0 saturated carbocycles. The van der Waals surface area contributed by atoms with Crippen molar-refractivity contribution in [2.24, 2.45) is 0 Å². The molecule has 0 fully saturated rings. The van der Waals surface area contributed by atoms with Gasteiger partial charge in [-0.3, -0.25) is 0 Å². The molecule has 0 saturated heterocycles. The summed E-state index contributed by atoms with van der Waals surface area (Å²) in [5.74, 6) is 0.713. The summed E-state index contributed by atoms with van der Waals surface area (Å²) in [5.41, 5.74) is 0.969. The Morgan fingerprint density at radius 1 is 1.27 bits per heavy atom. The molecule has 2 rings (SSSR count). The molecule has 4 nitrogen and oxygen atoms in total. The minimum Gasteiger partial charge on any atom is -0.352 e. The summed E-state index contributed by atoms with van der Waals surface area (Å²) in [6, 6.07) is 6.43. The standard InChI is InChI=1S/C17H25BrN4/c1-4-22(5-2)10-6-7-13(3)20-17-19-12-14-11-15(18)8-9-16(14)21-17/h8-9,11-13H,4-7,10H2,1-3H3,(H,19,20,21). The lowest BCUT2D eigenvalue weighted by Gasteiger charge is -2.19. The van der Waals surface area contributed by atoms with Gasteiger partial charge in [-0.2, -0.15) is 0 Å². The molecule has 2 aromatic rings. The zero-order valence-electron chi connectivity index (χ0n) is 13.6. The van der Waals surface area contributed by atoms with Crippen molar-refractivity contribution in [2.45, 2.75) is 39.7 Å². The molecule has 120 valence electrons. The second-order valence-corrected chi connectivity index (χ2v) is 6.53. The Hall–Kier alpha value is -1.20. The first-order valence-corrected chi connectivity index (χ1v) is 8.82. The SMILES string of the molecule is CCN(CC)CCCC(C)Nc1ncc2cc(Br)ccc2n1. The van der Waals surface area contributed by atoms with Crippen LogP contribution in [0.2, 0.25) is 0 Å². The van der Waals surface area contributed by atoms with E-state index in [0.29, 0.717) is 12.0 Å². The normalized spacial score (nSPS) is 12.8. The van der Waals surface area contributed by atoms with Gasteiger partial charge in [0.05, 0.1) is 5.52 Å². The molecule has 0 aliphatic carbocycles. The maximum absolute atomic E-state index is 4.58. The number of rotatable bonds is 8. The van der Waals surface area contributed by atoms with Crippen LogP contribution in [0.4, 0.5) is 5.95 Å². The van der Waals surface area contributed by atoms with Gasteiger partial charge in [-0.05, 0) is 57.6 Å². The molecule has 1 atom stereocenters. The number of hydrogen-bond acceptors (Lipinski definition) is 4. The minimum atomic E-state index is 0.378. The summed E-state index contributed by atoms with van der Waals surface area (Å²) in [4.78, 5) is 11.4. The number of nitrogens with one attached hydrogen (secondary N) is 1. The highest BCUT2D eigenvalue weighted by molar-refractivity contribution is 9.10. The molecule has 0 spiro atoms. The van der Waals surface area contributed by atoms with Crippen LogP contribution in [0.3, 0.4) is 0 Å². The van der Waals surface area contributed by atoms with E-state index < -0.39 is 0 Å². The summed E-state index contributed by atoms with van der Waals surface area (Å²) in [7, 11) is 0. The zero-order valence-corrected chi connectivity index (χ0v) is 15.2. The number of halogens is 1. The molecular weight excluding hydrogens is 340 g/mol. The van der Waals surface area contributed by atoms with Gasteiger partial charge in [0.25, 0.3) is 0 Å². The van der Waals surface area contributed by atoms with Crippen LogP contribution in [-0.4, -0.2) is 40.5 Å². The lowest BCUT2D eigenvalue weighted by Crippen LogP contribution is -2.25. The molecule has 1 heterocycles. The first-order valence-electron chi connectivity index (χ1n) is 8.03. The lowest BCUT2D eigenvalue weighted by atomic mass is 10.2. The van der Waals surface area contributed by atoms with E-state index in [4.69, 9.17) is 0 Å². The van der Waals surface area contributed by atoms with Crippen LogP contribution in [0, 0.1) is 0 Å². The smallest absolute Gasteiger partial charge is 0.223 e. The zero-order chi connectivity index (χ0) is 15.9. The van der Waals surface area contributed by atoms with Crippen molar-refractivity contribution in [1.82, 2.24) is 14.9 Å². The monoisotopic (exact) mass is 364 g/mol. The van der Waals surface area contributed by atoms with E-state index in [1.54, 1.807) is 0 Å². The molecule has 1 N–H and O–H groups in total. The van der Waals surface area contributed by atoms with Gasteiger partial charge in [0.15, 0.2) is 0 Å². The molecule has 0 radical (unpaired) electrons. The fourth-order valence-electron chi connectivity index (χ4n) is 2.53. The highest BCUT2D eigenvalue weighted by Gasteiger charge is 2.07. The number of hydrogen-bond donors (Lipinski definition) is 1. The Kier molecular flexibility index (Phi) is 6.58. The van der Waals surface area contributed by atoms with Crippen LogP contribution in [0.15, 0.2) is 28.9 Å². The van der Waals surface area contributed by atoms with Gasteiger partial charge in [0, 0.05) is 22.1 Å². The van der Waals surface area contributed by atoms with E-state index in [0.717, 1.165) is 41.4 Å². The van der Waals surface area contributed by atoms with E-state index in [1.165, 1.54) is 6.42 Å². The summed E-state index contributed by atoms with van der Waals surface area (Å²) < 4.78 is 1.05. The third-order valence-corrected chi connectivity index (χ3v) is 4.42. The van der Waals surface area contributed by atoms with E-state index in [-0.39, 0.29) is 0 Å². The summed E-state index contributed by atoms with van der Waals surface area (Å²) in [6.07, 6.45) is 4.19. The van der Waals surface area contributed by atoms with Gasteiger partial charge in [0.2, 0.25) is 5.95 Å². The number of aromatic nitrogens is 2. The van der Waals surface area contributed by atoms with Crippen LogP contribution in [0.1, 0.15) is 33.6 Å². The van der Waals surface area contributed by atoms with E-state index in [1.807, 2.05) is 24.4 Å². The second kappa shape index (κ2) is 8.44. The molecule has 0 bridgehead atoms. The van der Waals surface area contributed by atoms with Crippen molar-refractivity contribution in [2.75, 3.05) is 25.0 Å². The first kappa shape index (κ1) is 17.2. The van der Waals surface area contributed by atoms with Crippen LogP contribution >= 0.6 is 15.9 Å². The van der Waals surface area contributed by atoms with Crippen LogP contribution in [0.5, 0.6) is 0 Å². The fourth-order valence-corrected chi connectivity index (χ4v) is 2.91. The molecule has 5 heteroatoms. The van der Waals surface area contributed by atoms with Gasteiger partial charge < -0.3 is 10.2 Å².